The minimum absolute atomic E-state index is 0.0403. The third-order valence-corrected chi connectivity index (χ3v) is 3.49. The Morgan fingerprint density at radius 1 is 1.27 bits per heavy atom. The minimum Gasteiger partial charge on any atom is -0.495 e. The van der Waals surface area contributed by atoms with Crippen molar-refractivity contribution in [1.29, 1.82) is 0 Å². The molecule has 0 aliphatic heterocycles. The van der Waals surface area contributed by atoms with Crippen LogP contribution in [0.1, 0.15) is 37.9 Å². The number of rotatable bonds is 9. The zero-order chi connectivity index (χ0) is 16.5. The third kappa shape index (κ3) is 4.45. The highest BCUT2D eigenvalue weighted by molar-refractivity contribution is 5.60. The van der Waals surface area contributed by atoms with E-state index in [0.29, 0.717) is 13.0 Å². The van der Waals surface area contributed by atoms with E-state index >= 15 is 0 Å². The molecule has 1 aromatic rings. The van der Waals surface area contributed by atoms with Crippen molar-refractivity contribution in [3.05, 3.63) is 39.8 Å². The van der Waals surface area contributed by atoms with Crippen LogP contribution >= 0.6 is 0 Å². The molecule has 5 heteroatoms. The monoisotopic (exact) mass is 309 g/mol. The highest BCUT2D eigenvalue weighted by Gasteiger charge is 2.17. The Kier molecular flexibility index (Phi) is 7.91. The van der Waals surface area contributed by atoms with Gasteiger partial charge in [0.05, 0.1) is 19.3 Å². The number of aromatic nitrogens is 1. The Morgan fingerprint density at radius 3 is 2.45 bits per heavy atom. The highest BCUT2D eigenvalue weighted by atomic mass is 16.7. The first-order chi connectivity index (χ1) is 10.6. The molecule has 0 amide bonds. The lowest BCUT2D eigenvalue weighted by Gasteiger charge is -2.22. The largest absolute Gasteiger partial charge is 0.495 e. The van der Waals surface area contributed by atoms with Crippen molar-refractivity contribution in [3.8, 4) is 0 Å². The van der Waals surface area contributed by atoms with Gasteiger partial charge in [-0.3, -0.25) is 4.79 Å². The van der Waals surface area contributed by atoms with E-state index in [1.165, 1.54) is 0 Å². The molecule has 0 aliphatic rings. The number of hydrogen-bond donors (Lipinski definition) is 0. The molecule has 5 nitrogen and oxygen atoms in total. The van der Waals surface area contributed by atoms with E-state index in [-0.39, 0.29) is 11.7 Å². The zero-order valence-electron chi connectivity index (χ0n) is 14.2. The maximum absolute atomic E-state index is 12.3. The number of pyridine rings is 1. The first-order valence-corrected chi connectivity index (χ1v) is 7.65. The second-order valence-electron chi connectivity index (χ2n) is 4.99. The molecule has 0 unspecified atom stereocenters. The molecular weight excluding hydrogens is 282 g/mol. The first kappa shape index (κ1) is 18.5. The smallest absolute Gasteiger partial charge is 0.185 e. The maximum Gasteiger partial charge on any atom is 0.185 e. The van der Waals surface area contributed by atoms with Crippen molar-refractivity contribution in [2.45, 2.75) is 45.9 Å². The van der Waals surface area contributed by atoms with Crippen LogP contribution < -0.4 is 5.43 Å². The number of hydrogen-bond acceptors (Lipinski definition) is 4. The van der Waals surface area contributed by atoms with Gasteiger partial charge in [0, 0.05) is 32.0 Å². The molecule has 0 aromatic carbocycles. The molecule has 1 aromatic heterocycles. The molecule has 0 atom stereocenters. The van der Waals surface area contributed by atoms with E-state index in [1.54, 1.807) is 33.6 Å². The summed E-state index contributed by atoms with van der Waals surface area (Å²) in [6, 6.07) is 1.59. The molecule has 1 rings (SSSR count). The van der Waals surface area contributed by atoms with Crippen molar-refractivity contribution in [2.75, 3.05) is 21.3 Å². The Hall–Kier alpha value is -1.59. The fourth-order valence-electron chi connectivity index (χ4n) is 2.42. The van der Waals surface area contributed by atoms with Crippen molar-refractivity contribution < 1.29 is 14.2 Å². The van der Waals surface area contributed by atoms with E-state index in [4.69, 9.17) is 14.2 Å². The number of methoxy groups -OCH3 is 3. The van der Waals surface area contributed by atoms with Gasteiger partial charge in [0.2, 0.25) is 0 Å². The lowest BCUT2D eigenvalue weighted by atomic mass is 10.1. The molecule has 0 saturated carbocycles. The van der Waals surface area contributed by atoms with Gasteiger partial charge >= 0.3 is 0 Å². The normalized spacial score (nSPS) is 12.0. The fourth-order valence-corrected chi connectivity index (χ4v) is 2.42. The number of nitrogens with zero attached hydrogens (tertiary/aromatic N) is 1. The second-order valence-corrected chi connectivity index (χ2v) is 4.99. The van der Waals surface area contributed by atoms with Gasteiger partial charge in [-0.25, -0.2) is 0 Å². The van der Waals surface area contributed by atoms with E-state index in [2.05, 4.69) is 6.92 Å². The summed E-state index contributed by atoms with van der Waals surface area (Å²) in [5.74, 6) is 0.717. The van der Waals surface area contributed by atoms with Gasteiger partial charge in [0.15, 0.2) is 11.7 Å². The maximum atomic E-state index is 12.3. The summed E-state index contributed by atoms with van der Waals surface area (Å²) in [6.45, 7) is 4.59. The summed E-state index contributed by atoms with van der Waals surface area (Å²) in [6.07, 6.45) is 5.81. The molecule has 0 saturated heterocycles. The molecule has 1 heterocycles. The van der Waals surface area contributed by atoms with E-state index in [0.717, 1.165) is 29.9 Å². The Bertz CT molecular complexity index is 544. The summed E-state index contributed by atoms with van der Waals surface area (Å²) < 4.78 is 18.1. The van der Waals surface area contributed by atoms with Crippen LogP contribution in [-0.2, 0) is 27.2 Å². The highest BCUT2D eigenvalue weighted by Crippen LogP contribution is 2.20. The SMILES string of the molecule is CC/C=C(/OC)c1c(CCC)c(=O)ccn1CC(OC)OC. The van der Waals surface area contributed by atoms with Gasteiger partial charge in [0.1, 0.15) is 5.76 Å². The summed E-state index contributed by atoms with van der Waals surface area (Å²) in [7, 11) is 4.83. The zero-order valence-corrected chi connectivity index (χ0v) is 14.2. The molecule has 0 bridgehead atoms. The predicted octanol–water partition coefficient (Wildman–Crippen LogP) is 2.82. The summed E-state index contributed by atoms with van der Waals surface area (Å²) in [5, 5.41) is 0. The molecule has 0 radical (unpaired) electrons. The quantitative estimate of drug-likeness (QED) is 0.520. The van der Waals surface area contributed by atoms with Crippen LogP contribution in [0.2, 0.25) is 0 Å². The molecule has 0 fully saturated rings. The predicted molar refractivity (Wildman–Crippen MR) is 87.8 cm³/mol. The van der Waals surface area contributed by atoms with Crippen LogP contribution in [0.4, 0.5) is 0 Å². The number of ether oxygens (including phenoxy) is 3. The van der Waals surface area contributed by atoms with Crippen LogP contribution in [0.3, 0.4) is 0 Å². The summed E-state index contributed by atoms with van der Waals surface area (Å²) in [5.41, 5.74) is 1.63. The van der Waals surface area contributed by atoms with Crippen LogP contribution in [0.5, 0.6) is 0 Å². The lowest BCUT2D eigenvalue weighted by Crippen LogP contribution is -2.26. The minimum atomic E-state index is -0.379. The average Bonchev–Trinajstić information content (AvgIpc) is 2.53. The van der Waals surface area contributed by atoms with Gasteiger partial charge in [-0.2, -0.15) is 0 Å². The van der Waals surface area contributed by atoms with Crippen LogP contribution in [0.15, 0.2) is 23.1 Å². The molecule has 0 spiro atoms. The topological polar surface area (TPSA) is 49.7 Å². The molecule has 0 N–H and O–H groups in total. The Labute approximate surface area is 132 Å². The van der Waals surface area contributed by atoms with E-state index < -0.39 is 0 Å². The van der Waals surface area contributed by atoms with Gasteiger partial charge in [-0.15, -0.1) is 0 Å². The lowest BCUT2D eigenvalue weighted by molar-refractivity contribution is -0.111. The molecule has 0 aliphatic carbocycles. The Balaban J connectivity index is 3.45. The van der Waals surface area contributed by atoms with Gasteiger partial charge in [0.25, 0.3) is 0 Å². The van der Waals surface area contributed by atoms with Crippen LogP contribution in [0.25, 0.3) is 5.76 Å². The van der Waals surface area contributed by atoms with Crippen molar-refractivity contribution >= 4 is 5.76 Å². The standard InChI is InChI=1S/C17H27NO4/c1-6-8-13-14(19)10-11-18(12-16(21-4)22-5)17(13)15(20-3)9-7-2/h9-11,16H,6-8,12H2,1-5H3/b15-9+. The van der Waals surface area contributed by atoms with Gasteiger partial charge < -0.3 is 18.8 Å². The van der Waals surface area contributed by atoms with Gasteiger partial charge in [-0.1, -0.05) is 20.3 Å². The average molecular weight is 309 g/mol. The second kappa shape index (κ2) is 9.43. The van der Waals surface area contributed by atoms with Crippen molar-refractivity contribution in [3.63, 3.8) is 0 Å². The van der Waals surface area contributed by atoms with Crippen molar-refractivity contribution in [1.82, 2.24) is 4.57 Å². The Morgan fingerprint density at radius 2 is 1.95 bits per heavy atom. The fraction of sp³-hybridized carbons (Fsp3) is 0.588. The van der Waals surface area contributed by atoms with E-state index in [9.17, 15) is 4.79 Å². The van der Waals surface area contributed by atoms with E-state index in [1.807, 2.05) is 17.6 Å². The first-order valence-electron chi connectivity index (χ1n) is 7.65. The third-order valence-electron chi connectivity index (χ3n) is 3.49. The molecule has 22 heavy (non-hydrogen) atoms. The number of allylic oxidation sites excluding steroid dienone is 1. The summed E-state index contributed by atoms with van der Waals surface area (Å²) in [4.78, 5) is 12.3. The van der Waals surface area contributed by atoms with Crippen LogP contribution in [0, 0.1) is 0 Å². The van der Waals surface area contributed by atoms with Gasteiger partial charge in [-0.05, 0) is 18.9 Å². The van der Waals surface area contributed by atoms with Crippen molar-refractivity contribution in [2.24, 2.45) is 0 Å². The van der Waals surface area contributed by atoms with Crippen LogP contribution in [-0.4, -0.2) is 32.2 Å². The molecular formula is C17H27NO4. The summed E-state index contributed by atoms with van der Waals surface area (Å²) >= 11 is 0. The molecule has 124 valence electrons.